The van der Waals surface area contributed by atoms with Gasteiger partial charge >= 0.3 is 0 Å². The van der Waals surface area contributed by atoms with Gasteiger partial charge in [-0.25, -0.2) is 0 Å². The molecule has 0 amide bonds. The number of hydrogen-bond donors (Lipinski definition) is 0. The first-order valence-corrected chi connectivity index (χ1v) is 17.8. The fraction of sp³-hybridized carbons (Fsp3) is 0. The third-order valence-electron chi connectivity index (χ3n) is 10.2. The normalized spacial score (nSPS) is 11.5. The van der Waals surface area contributed by atoms with Gasteiger partial charge in [-0.3, -0.25) is 0 Å². The van der Waals surface area contributed by atoms with Crippen molar-refractivity contribution in [3.05, 3.63) is 200 Å². The Kier molecular flexibility index (Phi) is 7.18. The number of furan rings is 1. The molecule has 0 saturated carbocycles. The van der Waals surface area contributed by atoms with Crippen LogP contribution >= 0.6 is 0 Å². The highest BCUT2D eigenvalue weighted by Gasteiger charge is 2.17. The predicted octanol–water partition coefficient (Wildman–Crippen LogP) is 14.4. The summed E-state index contributed by atoms with van der Waals surface area (Å²) in [6.07, 6.45) is 0. The molecular weight excluding hydrogens is 631 g/mol. The highest BCUT2D eigenvalue weighted by Crippen LogP contribution is 2.41. The van der Waals surface area contributed by atoms with Crippen molar-refractivity contribution in [2.24, 2.45) is 0 Å². The average Bonchev–Trinajstić information content (AvgIpc) is 3.66. The first-order valence-electron chi connectivity index (χ1n) is 17.8. The lowest BCUT2D eigenvalue weighted by Crippen LogP contribution is -2.10. The fourth-order valence-electron chi connectivity index (χ4n) is 7.72. The molecule has 0 aliphatic carbocycles. The van der Waals surface area contributed by atoms with Crippen LogP contribution in [-0.2, 0) is 0 Å². The summed E-state index contributed by atoms with van der Waals surface area (Å²) in [5, 5.41) is 8.65. The van der Waals surface area contributed by atoms with Crippen LogP contribution in [0, 0.1) is 0 Å². The second-order valence-electron chi connectivity index (χ2n) is 13.3. The summed E-state index contributed by atoms with van der Waals surface area (Å²) in [6, 6.07) is 71.7. The summed E-state index contributed by atoms with van der Waals surface area (Å²) < 4.78 is 6.31. The summed E-state index contributed by atoms with van der Waals surface area (Å²) in [5.41, 5.74) is 9.98. The Hall–Kier alpha value is -6.90. The van der Waals surface area contributed by atoms with E-state index in [1.54, 1.807) is 0 Å². The molecule has 0 fully saturated rings. The Labute approximate surface area is 302 Å². The highest BCUT2D eigenvalue weighted by molar-refractivity contribution is 6.13. The quantitative estimate of drug-likeness (QED) is 0.165. The molecule has 0 saturated heterocycles. The molecule has 2 heteroatoms. The number of anilines is 3. The van der Waals surface area contributed by atoms with Gasteiger partial charge in [0.1, 0.15) is 11.3 Å². The molecular formula is C50H33NO. The maximum absolute atomic E-state index is 6.31. The Bertz CT molecular complexity index is 2860. The van der Waals surface area contributed by atoms with Gasteiger partial charge in [-0.15, -0.1) is 0 Å². The lowest BCUT2D eigenvalue weighted by Gasteiger charge is -2.26. The van der Waals surface area contributed by atoms with Crippen LogP contribution in [0.2, 0.25) is 0 Å². The Morgan fingerprint density at radius 1 is 0.308 bits per heavy atom. The van der Waals surface area contributed by atoms with Crippen molar-refractivity contribution in [1.29, 1.82) is 0 Å². The summed E-state index contributed by atoms with van der Waals surface area (Å²) in [6.45, 7) is 0. The lowest BCUT2D eigenvalue weighted by molar-refractivity contribution is 0.631. The summed E-state index contributed by atoms with van der Waals surface area (Å²) >= 11 is 0. The van der Waals surface area contributed by atoms with Crippen LogP contribution in [-0.4, -0.2) is 0 Å². The zero-order valence-electron chi connectivity index (χ0n) is 28.4. The zero-order chi connectivity index (χ0) is 34.4. The number of nitrogens with zero attached hydrogens (tertiary/aromatic N) is 1. The van der Waals surface area contributed by atoms with Gasteiger partial charge in [0.25, 0.3) is 0 Å². The molecule has 0 unspecified atom stereocenters. The van der Waals surface area contributed by atoms with E-state index < -0.39 is 0 Å². The second-order valence-corrected chi connectivity index (χ2v) is 13.3. The number of rotatable bonds is 6. The van der Waals surface area contributed by atoms with Crippen molar-refractivity contribution in [3.63, 3.8) is 0 Å². The molecule has 0 bridgehead atoms. The Balaban J connectivity index is 1.09. The maximum atomic E-state index is 6.31. The lowest BCUT2D eigenvalue weighted by atomic mass is 9.93. The van der Waals surface area contributed by atoms with Crippen molar-refractivity contribution in [3.8, 4) is 33.6 Å². The summed E-state index contributed by atoms with van der Waals surface area (Å²) in [5.74, 6) is 0.854. The molecule has 0 radical (unpaired) electrons. The third kappa shape index (κ3) is 5.21. The molecule has 0 spiro atoms. The van der Waals surface area contributed by atoms with Crippen LogP contribution in [0.5, 0.6) is 0 Å². The van der Waals surface area contributed by atoms with Crippen LogP contribution < -0.4 is 4.90 Å². The molecule has 0 aliphatic heterocycles. The molecule has 244 valence electrons. The van der Waals surface area contributed by atoms with Crippen LogP contribution in [0.25, 0.3) is 76.9 Å². The standard InChI is InChI=1S/C50H33NO/c1-4-17-43-34(11-1)14-10-21-44(43)35-23-27-40(28-24-35)51(42-16-9-15-38(31-42)50-33-39-13-3-8-22-49(39)52-50)41-29-25-36(26-30-41)48-32-37-12-2-5-18-45(37)46-19-6-7-20-47(46)48/h1-33H. The van der Waals surface area contributed by atoms with Gasteiger partial charge in [0, 0.05) is 28.0 Å². The summed E-state index contributed by atoms with van der Waals surface area (Å²) in [7, 11) is 0. The molecule has 0 aliphatic rings. The van der Waals surface area contributed by atoms with Gasteiger partial charge < -0.3 is 9.32 Å². The second kappa shape index (κ2) is 12.5. The van der Waals surface area contributed by atoms with E-state index in [1.807, 2.05) is 18.2 Å². The highest BCUT2D eigenvalue weighted by atomic mass is 16.3. The largest absolute Gasteiger partial charge is 0.456 e. The molecule has 52 heavy (non-hydrogen) atoms. The van der Waals surface area contributed by atoms with Crippen molar-refractivity contribution < 1.29 is 4.42 Å². The van der Waals surface area contributed by atoms with Gasteiger partial charge in [0.05, 0.1) is 0 Å². The van der Waals surface area contributed by atoms with E-state index in [-0.39, 0.29) is 0 Å². The van der Waals surface area contributed by atoms with Crippen LogP contribution in [0.15, 0.2) is 205 Å². The smallest absolute Gasteiger partial charge is 0.135 e. The van der Waals surface area contributed by atoms with E-state index in [1.165, 1.54) is 54.6 Å². The molecule has 10 aromatic rings. The summed E-state index contributed by atoms with van der Waals surface area (Å²) in [4.78, 5) is 2.33. The molecule has 9 aromatic carbocycles. The maximum Gasteiger partial charge on any atom is 0.135 e. The van der Waals surface area contributed by atoms with Gasteiger partial charge in [-0.2, -0.15) is 0 Å². The minimum absolute atomic E-state index is 0.854. The molecule has 1 aromatic heterocycles. The van der Waals surface area contributed by atoms with Crippen molar-refractivity contribution in [2.45, 2.75) is 0 Å². The topological polar surface area (TPSA) is 16.4 Å². The first kappa shape index (κ1) is 30.0. The van der Waals surface area contributed by atoms with E-state index >= 15 is 0 Å². The van der Waals surface area contributed by atoms with E-state index in [9.17, 15) is 0 Å². The van der Waals surface area contributed by atoms with E-state index in [0.717, 1.165) is 39.4 Å². The molecule has 1 heterocycles. The Morgan fingerprint density at radius 3 is 1.63 bits per heavy atom. The fourth-order valence-corrected chi connectivity index (χ4v) is 7.72. The van der Waals surface area contributed by atoms with Crippen molar-refractivity contribution in [2.75, 3.05) is 4.90 Å². The van der Waals surface area contributed by atoms with Gasteiger partial charge in [0.2, 0.25) is 0 Å². The number of benzene rings is 9. The monoisotopic (exact) mass is 663 g/mol. The van der Waals surface area contributed by atoms with Crippen molar-refractivity contribution in [1.82, 2.24) is 0 Å². The van der Waals surface area contributed by atoms with Crippen LogP contribution in [0.4, 0.5) is 17.1 Å². The minimum atomic E-state index is 0.854. The average molecular weight is 664 g/mol. The number of para-hydroxylation sites is 1. The molecule has 2 nitrogen and oxygen atoms in total. The number of hydrogen-bond acceptors (Lipinski definition) is 2. The number of fused-ring (bicyclic) bond motifs is 5. The van der Waals surface area contributed by atoms with Crippen LogP contribution in [0.1, 0.15) is 0 Å². The van der Waals surface area contributed by atoms with Gasteiger partial charge in [-0.1, -0.05) is 146 Å². The first-order chi connectivity index (χ1) is 25.8. The van der Waals surface area contributed by atoms with Gasteiger partial charge in [-0.05, 0) is 109 Å². The van der Waals surface area contributed by atoms with Crippen LogP contribution in [0.3, 0.4) is 0 Å². The molecule has 0 atom stereocenters. The molecule has 0 N–H and O–H groups in total. The molecule has 10 rings (SSSR count). The van der Waals surface area contributed by atoms with Gasteiger partial charge in [0.15, 0.2) is 0 Å². The zero-order valence-corrected chi connectivity index (χ0v) is 28.4. The third-order valence-corrected chi connectivity index (χ3v) is 10.2. The van der Waals surface area contributed by atoms with E-state index in [2.05, 4.69) is 187 Å². The minimum Gasteiger partial charge on any atom is -0.456 e. The van der Waals surface area contributed by atoms with E-state index in [0.29, 0.717) is 0 Å². The van der Waals surface area contributed by atoms with Crippen molar-refractivity contribution >= 4 is 60.3 Å². The predicted molar refractivity (Wildman–Crippen MR) is 220 cm³/mol. The van der Waals surface area contributed by atoms with E-state index in [4.69, 9.17) is 4.42 Å². The SMILES string of the molecule is c1cc(-c2cc3ccccc3o2)cc(N(c2ccc(-c3cccc4ccccc34)cc2)c2ccc(-c3cc4ccccc4c4ccccc34)cc2)c1. The Morgan fingerprint density at radius 2 is 0.885 bits per heavy atom.